The predicted molar refractivity (Wildman–Crippen MR) is 108 cm³/mol. The highest BCUT2D eigenvalue weighted by atomic mass is 32.1. The van der Waals surface area contributed by atoms with Crippen molar-refractivity contribution in [3.8, 4) is 0 Å². The number of likely N-dealkylation sites (tertiary alicyclic amines) is 1. The molecule has 4 nitrogen and oxygen atoms in total. The Bertz CT molecular complexity index is 764. The second-order valence-electron chi connectivity index (χ2n) is 6.50. The van der Waals surface area contributed by atoms with Gasteiger partial charge in [0.05, 0.1) is 18.4 Å². The first-order valence-electron chi connectivity index (χ1n) is 8.98. The summed E-state index contributed by atoms with van der Waals surface area (Å²) in [7, 11) is 1.39. The smallest absolute Gasteiger partial charge is 0.339 e. The lowest BCUT2D eigenvalue weighted by Gasteiger charge is -2.38. The molecule has 1 fully saturated rings. The van der Waals surface area contributed by atoms with E-state index in [0.29, 0.717) is 22.4 Å². The van der Waals surface area contributed by atoms with Gasteiger partial charge in [-0.1, -0.05) is 42.5 Å². The van der Waals surface area contributed by atoms with E-state index >= 15 is 0 Å². The average molecular weight is 369 g/mol. The van der Waals surface area contributed by atoms with Crippen LogP contribution in [0.3, 0.4) is 0 Å². The molecule has 0 saturated carbocycles. The molecule has 1 N–H and O–H groups in total. The van der Waals surface area contributed by atoms with Gasteiger partial charge in [0.2, 0.25) is 0 Å². The lowest BCUT2D eigenvalue weighted by molar-refractivity contribution is 0.0602. The van der Waals surface area contributed by atoms with Crippen molar-refractivity contribution >= 4 is 29.0 Å². The number of hydrogen-bond acceptors (Lipinski definition) is 3. The third-order valence-corrected chi connectivity index (χ3v) is 5.11. The summed E-state index contributed by atoms with van der Waals surface area (Å²) in [4.78, 5) is 14.2. The number of methoxy groups -OCH3 is 1. The van der Waals surface area contributed by atoms with Crippen molar-refractivity contribution in [3.63, 3.8) is 0 Å². The van der Waals surface area contributed by atoms with E-state index in [1.165, 1.54) is 19.1 Å². The van der Waals surface area contributed by atoms with Crippen LogP contribution in [0.5, 0.6) is 0 Å². The molecule has 2 aromatic rings. The molecule has 3 rings (SSSR count). The summed E-state index contributed by atoms with van der Waals surface area (Å²) >= 11 is 5.69. The van der Waals surface area contributed by atoms with Crippen LogP contribution in [0.15, 0.2) is 54.6 Å². The summed E-state index contributed by atoms with van der Waals surface area (Å²) in [6.45, 7) is 0.934. The van der Waals surface area contributed by atoms with Crippen molar-refractivity contribution in [2.24, 2.45) is 0 Å². The quantitative estimate of drug-likeness (QED) is 0.645. The number of hydrogen-bond donors (Lipinski definition) is 1. The number of nitrogens with one attached hydrogen (secondary N) is 1. The number of ether oxygens (including phenoxy) is 1. The van der Waals surface area contributed by atoms with E-state index in [2.05, 4.69) is 34.5 Å². The van der Waals surface area contributed by atoms with Gasteiger partial charge in [-0.25, -0.2) is 4.79 Å². The number of piperidine rings is 1. The zero-order valence-corrected chi connectivity index (χ0v) is 15.8. The molecule has 136 valence electrons. The number of thiocarbonyl (C=S) groups is 1. The first-order chi connectivity index (χ1) is 12.7. The van der Waals surface area contributed by atoms with E-state index in [-0.39, 0.29) is 5.97 Å². The van der Waals surface area contributed by atoms with Crippen LogP contribution in [0.4, 0.5) is 5.69 Å². The van der Waals surface area contributed by atoms with E-state index in [9.17, 15) is 4.79 Å². The molecule has 5 heteroatoms. The van der Waals surface area contributed by atoms with Crippen LogP contribution in [0.2, 0.25) is 0 Å². The highest BCUT2D eigenvalue weighted by molar-refractivity contribution is 7.80. The number of benzene rings is 2. The Hall–Kier alpha value is -2.40. The maximum atomic E-state index is 12.0. The second-order valence-corrected chi connectivity index (χ2v) is 6.89. The molecular formula is C21H24N2O2S. The largest absolute Gasteiger partial charge is 0.465 e. The lowest BCUT2D eigenvalue weighted by atomic mass is 9.96. The first kappa shape index (κ1) is 18.4. The van der Waals surface area contributed by atoms with Crippen molar-refractivity contribution in [1.29, 1.82) is 0 Å². The Morgan fingerprint density at radius 3 is 2.65 bits per heavy atom. The molecule has 0 aromatic heterocycles. The Morgan fingerprint density at radius 2 is 1.88 bits per heavy atom. The maximum absolute atomic E-state index is 12.0. The van der Waals surface area contributed by atoms with Crippen LogP contribution < -0.4 is 5.32 Å². The molecule has 1 aliphatic heterocycles. The van der Waals surface area contributed by atoms with Crippen LogP contribution in [-0.4, -0.2) is 35.7 Å². The molecule has 2 aromatic carbocycles. The van der Waals surface area contributed by atoms with Gasteiger partial charge in [0.1, 0.15) is 0 Å². The fraction of sp³-hybridized carbons (Fsp3) is 0.333. The molecule has 1 heterocycles. The summed E-state index contributed by atoms with van der Waals surface area (Å²) < 4.78 is 4.87. The lowest BCUT2D eigenvalue weighted by Crippen LogP contribution is -2.46. The summed E-state index contributed by atoms with van der Waals surface area (Å²) in [6, 6.07) is 18.2. The monoisotopic (exact) mass is 368 g/mol. The number of rotatable bonds is 4. The normalized spacial score (nSPS) is 16.8. The van der Waals surface area contributed by atoms with E-state index < -0.39 is 0 Å². The van der Waals surface area contributed by atoms with Gasteiger partial charge in [-0.15, -0.1) is 0 Å². The van der Waals surface area contributed by atoms with Gasteiger partial charge in [0.25, 0.3) is 0 Å². The molecule has 0 spiro atoms. The minimum absolute atomic E-state index is 0.365. The highest BCUT2D eigenvalue weighted by Crippen LogP contribution is 2.23. The van der Waals surface area contributed by atoms with E-state index in [4.69, 9.17) is 17.0 Å². The van der Waals surface area contributed by atoms with Crippen molar-refractivity contribution in [2.45, 2.75) is 31.7 Å². The molecule has 1 atom stereocenters. The number of carbonyl (C=O) groups is 1. The minimum atomic E-state index is -0.365. The van der Waals surface area contributed by atoms with Gasteiger partial charge in [0, 0.05) is 12.6 Å². The second kappa shape index (κ2) is 8.81. The fourth-order valence-electron chi connectivity index (χ4n) is 3.43. The summed E-state index contributed by atoms with van der Waals surface area (Å²) in [5, 5.41) is 3.94. The maximum Gasteiger partial charge on any atom is 0.339 e. The first-order valence-corrected chi connectivity index (χ1v) is 9.38. The molecule has 1 unspecified atom stereocenters. The third-order valence-electron chi connectivity index (χ3n) is 4.78. The van der Waals surface area contributed by atoms with Crippen LogP contribution in [0.1, 0.15) is 35.2 Å². The Labute approximate surface area is 160 Å². The molecule has 1 saturated heterocycles. The van der Waals surface area contributed by atoms with Gasteiger partial charge in [-0.05, 0) is 55.6 Å². The Balaban J connectivity index is 1.74. The molecule has 0 aliphatic carbocycles. The van der Waals surface area contributed by atoms with Crippen LogP contribution in [0, 0.1) is 0 Å². The summed E-state index contributed by atoms with van der Waals surface area (Å²) in [5.41, 5.74) is 2.50. The fourth-order valence-corrected chi connectivity index (χ4v) is 3.78. The van der Waals surface area contributed by atoms with Gasteiger partial charge in [-0.2, -0.15) is 0 Å². The van der Waals surface area contributed by atoms with E-state index in [1.54, 1.807) is 6.07 Å². The Morgan fingerprint density at radius 1 is 1.15 bits per heavy atom. The number of anilines is 1. The average Bonchev–Trinajstić information content (AvgIpc) is 2.69. The van der Waals surface area contributed by atoms with Crippen molar-refractivity contribution < 1.29 is 9.53 Å². The van der Waals surface area contributed by atoms with Crippen molar-refractivity contribution in [3.05, 3.63) is 65.7 Å². The molecule has 0 bridgehead atoms. The van der Waals surface area contributed by atoms with Crippen LogP contribution >= 0.6 is 12.2 Å². The molecule has 0 amide bonds. The minimum Gasteiger partial charge on any atom is -0.465 e. The van der Waals surface area contributed by atoms with Gasteiger partial charge >= 0.3 is 5.97 Å². The third kappa shape index (κ3) is 4.41. The molecule has 0 radical (unpaired) electrons. The van der Waals surface area contributed by atoms with Crippen LogP contribution in [-0.2, 0) is 11.2 Å². The van der Waals surface area contributed by atoms with E-state index in [1.807, 2.05) is 24.3 Å². The Kier molecular flexibility index (Phi) is 6.23. The number of nitrogens with zero attached hydrogens (tertiary/aromatic N) is 1. The SMILES string of the molecule is COC(=O)c1ccccc1NC(=S)N1CCCCC1Cc1ccccc1. The van der Waals surface area contributed by atoms with Gasteiger partial charge in [0.15, 0.2) is 5.11 Å². The van der Waals surface area contributed by atoms with Gasteiger partial charge < -0.3 is 15.0 Å². The summed E-state index contributed by atoms with van der Waals surface area (Å²) in [5.74, 6) is -0.365. The van der Waals surface area contributed by atoms with Crippen LogP contribution in [0.25, 0.3) is 0 Å². The van der Waals surface area contributed by atoms with E-state index in [0.717, 1.165) is 25.8 Å². The standard InChI is InChI=1S/C21H24N2O2S/c1-25-20(24)18-12-5-6-13-19(18)22-21(26)23-14-8-7-11-17(23)15-16-9-3-2-4-10-16/h2-6,9-10,12-13,17H,7-8,11,14-15H2,1H3,(H,22,26). The molecule has 26 heavy (non-hydrogen) atoms. The van der Waals surface area contributed by atoms with Gasteiger partial charge in [-0.3, -0.25) is 0 Å². The molecule has 1 aliphatic rings. The van der Waals surface area contributed by atoms with Crippen molar-refractivity contribution in [2.75, 3.05) is 19.0 Å². The number of carbonyl (C=O) groups excluding carboxylic acids is 1. The summed E-state index contributed by atoms with van der Waals surface area (Å²) in [6.07, 6.45) is 4.44. The molecular weight excluding hydrogens is 344 g/mol. The zero-order valence-electron chi connectivity index (χ0n) is 15.0. The predicted octanol–water partition coefficient (Wildman–Crippen LogP) is 4.27. The number of para-hydroxylation sites is 1. The highest BCUT2D eigenvalue weighted by Gasteiger charge is 2.25. The topological polar surface area (TPSA) is 41.6 Å². The zero-order chi connectivity index (χ0) is 18.4. The number of esters is 1. The van der Waals surface area contributed by atoms with Crippen molar-refractivity contribution in [1.82, 2.24) is 4.90 Å².